The number of nitrogens with zero attached hydrogens (tertiary/aromatic N) is 3. The Balaban J connectivity index is 2.18. The molecule has 2 heterocycles. The molecule has 0 spiro atoms. The van der Waals surface area contributed by atoms with E-state index in [0.29, 0.717) is 17.4 Å². The van der Waals surface area contributed by atoms with Gasteiger partial charge in [-0.15, -0.1) is 11.6 Å². The van der Waals surface area contributed by atoms with Gasteiger partial charge in [0.25, 0.3) is 0 Å². The third-order valence-corrected chi connectivity index (χ3v) is 3.95. The normalized spacial score (nSPS) is 18.1. The lowest BCUT2D eigenvalue weighted by Gasteiger charge is -2.28. The van der Waals surface area contributed by atoms with Crippen molar-refractivity contribution in [3.8, 4) is 0 Å². The maximum Gasteiger partial charge on any atom is 0.136 e. The van der Waals surface area contributed by atoms with Crippen LogP contribution in [0, 0.1) is 0 Å². The maximum atomic E-state index is 11.2. The van der Waals surface area contributed by atoms with Crippen molar-refractivity contribution in [2.75, 3.05) is 29.5 Å². The third kappa shape index (κ3) is 2.46. The average Bonchev–Trinajstić information content (AvgIpc) is 2.30. The Hall–Kier alpha value is -0.680. The molecule has 0 aliphatic carbocycles. The first kappa shape index (κ1) is 10.8. The molecular formula is C9H12ClN3OS. The molecule has 0 amide bonds. The summed E-state index contributed by atoms with van der Waals surface area (Å²) in [6.07, 6.45) is 3.26. The molecule has 0 bridgehead atoms. The highest BCUT2D eigenvalue weighted by molar-refractivity contribution is 7.85. The first-order valence-electron chi connectivity index (χ1n) is 4.76. The van der Waals surface area contributed by atoms with Crippen molar-refractivity contribution in [2.24, 2.45) is 0 Å². The summed E-state index contributed by atoms with van der Waals surface area (Å²) in [4.78, 5) is 10.3. The number of halogens is 1. The molecule has 15 heavy (non-hydrogen) atoms. The Morgan fingerprint density at radius 3 is 2.87 bits per heavy atom. The molecule has 0 unspecified atom stereocenters. The van der Waals surface area contributed by atoms with Crippen molar-refractivity contribution in [1.29, 1.82) is 0 Å². The summed E-state index contributed by atoms with van der Waals surface area (Å²) in [5, 5.41) is 0. The van der Waals surface area contributed by atoms with E-state index < -0.39 is 10.8 Å². The van der Waals surface area contributed by atoms with Crippen LogP contribution in [-0.4, -0.2) is 38.8 Å². The molecule has 0 N–H and O–H groups in total. The number of hydrogen-bond acceptors (Lipinski definition) is 4. The van der Waals surface area contributed by atoms with E-state index in [9.17, 15) is 4.21 Å². The van der Waals surface area contributed by atoms with E-state index in [-0.39, 0.29) is 0 Å². The second-order valence-corrected chi connectivity index (χ2v) is 5.30. The minimum atomic E-state index is -0.661. The number of rotatable bonds is 2. The van der Waals surface area contributed by atoms with Gasteiger partial charge in [-0.25, -0.2) is 9.97 Å². The molecule has 1 aromatic heterocycles. The van der Waals surface area contributed by atoms with Gasteiger partial charge in [0.1, 0.15) is 12.1 Å². The molecule has 4 nitrogen and oxygen atoms in total. The van der Waals surface area contributed by atoms with Crippen LogP contribution in [0.15, 0.2) is 12.5 Å². The quantitative estimate of drug-likeness (QED) is 0.723. The fraction of sp³-hybridized carbons (Fsp3) is 0.556. The predicted octanol–water partition coefficient (Wildman–Crippen LogP) is 0.784. The first-order chi connectivity index (χ1) is 7.31. The second kappa shape index (κ2) is 4.90. The van der Waals surface area contributed by atoms with Crippen molar-refractivity contribution >= 4 is 28.2 Å². The van der Waals surface area contributed by atoms with Crippen molar-refractivity contribution in [1.82, 2.24) is 9.97 Å². The molecule has 1 fully saturated rings. The molecule has 1 aliphatic rings. The molecule has 0 saturated carbocycles. The van der Waals surface area contributed by atoms with Gasteiger partial charge in [-0.05, 0) is 0 Å². The highest BCUT2D eigenvalue weighted by atomic mass is 35.5. The van der Waals surface area contributed by atoms with Crippen LogP contribution in [0.2, 0.25) is 0 Å². The van der Waals surface area contributed by atoms with Gasteiger partial charge in [-0.2, -0.15) is 0 Å². The molecule has 1 aromatic rings. The smallest absolute Gasteiger partial charge is 0.136 e. The summed E-state index contributed by atoms with van der Waals surface area (Å²) in [7, 11) is -0.661. The highest BCUT2D eigenvalue weighted by Gasteiger charge is 2.18. The van der Waals surface area contributed by atoms with E-state index in [1.165, 1.54) is 6.33 Å². The fourth-order valence-corrected chi connectivity index (χ4v) is 2.82. The van der Waals surface area contributed by atoms with Crippen molar-refractivity contribution in [3.05, 3.63) is 18.1 Å². The van der Waals surface area contributed by atoms with Gasteiger partial charge in [-0.3, -0.25) is 4.21 Å². The Morgan fingerprint density at radius 2 is 2.20 bits per heavy atom. The van der Waals surface area contributed by atoms with Crippen molar-refractivity contribution in [3.63, 3.8) is 0 Å². The first-order valence-corrected chi connectivity index (χ1v) is 6.78. The van der Waals surface area contributed by atoms with Crippen LogP contribution in [0.25, 0.3) is 0 Å². The molecular weight excluding hydrogens is 234 g/mol. The summed E-state index contributed by atoms with van der Waals surface area (Å²) < 4.78 is 11.2. The lowest BCUT2D eigenvalue weighted by atomic mass is 10.3. The van der Waals surface area contributed by atoms with Gasteiger partial charge < -0.3 is 4.90 Å². The summed E-state index contributed by atoms with van der Waals surface area (Å²) in [6.45, 7) is 1.57. The predicted molar refractivity (Wildman–Crippen MR) is 61.7 cm³/mol. The van der Waals surface area contributed by atoms with Crippen LogP contribution in [0.1, 0.15) is 5.56 Å². The Bertz CT molecular complexity index is 364. The SMILES string of the molecule is O=S1CCN(c2ncncc2CCl)CC1. The van der Waals surface area contributed by atoms with Crippen LogP contribution < -0.4 is 4.90 Å². The average molecular weight is 246 g/mol. The maximum absolute atomic E-state index is 11.2. The van der Waals surface area contributed by atoms with Gasteiger partial charge in [-0.1, -0.05) is 0 Å². The van der Waals surface area contributed by atoms with E-state index in [1.54, 1.807) is 6.20 Å². The lowest BCUT2D eigenvalue weighted by Crippen LogP contribution is -2.38. The zero-order valence-corrected chi connectivity index (χ0v) is 9.80. The molecule has 0 aromatic carbocycles. The Morgan fingerprint density at radius 1 is 1.47 bits per heavy atom. The zero-order chi connectivity index (χ0) is 10.7. The zero-order valence-electron chi connectivity index (χ0n) is 8.23. The summed E-state index contributed by atoms with van der Waals surface area (Å²) in [5.74, 6) is 2.73. The molecule has 0 atom stereocenters. The number of anilines is 1. The van der Waals surface area contributed by atoms with E-state index >= 15 is 0 Å². The molecule has 2 rings (SSSR count). The second-order valence-electron chi connectivity index (χ2n) is 3.34. The van der Waals surface area contributed by atoms with Gasteiger partial charge in [0.2, 0.25) is 0 Å². The van der Waals surface area contributed by atoms with Crippen LogP contribution in [-0.2, 0) is 16.7 Å². The lowest BCUT2D eigenvalue weighted by molar-refractivity contribution is 0.672. The van der Waals surface area contributed by atoms with Gasteiger partial charge in [0.05, 0.1) is 5.88 Å². The van der Waals surface area contributed by atoms with Crippen LogP contribution >= 0.6 is 11.6 Å². The standard InChI is InChI=1S/C9H12ClN3OS/c10-5-8-6-11-7-12-9(8)13-1-3-15(14)4-2-13/h6-7H,1-5H2. The largest absolute Gasteiger partial charge is 0.354 e. The van der Waals surface area contributed by atoms with Gasteiger partial charge in [0.15, 0.2) is 0 Å². The fourth-order valence-electron chi connectivity index (χ4n) is 1.58. The minimum Gasteiger partial charge on any atom is -0.354 e. The molecule has 1 aliphatic heterocycles. The van der Waals surface area contributed by atoms with E-state index in [1.807, 2.05) is 0 Å². The third-order valence-electron chi connectivity index (χ3n) is 2.39. The topological polar surface area (TPSA) is 46.1 Å². The molecule has 6 heteroatoms. The van der Waals surface area contributed by atoms with Crippen molar-refractivity contribution in [2.45, 2.75) is 5.88 Å². The van der Waals surface area contributed by atoms with E-state index in [0.717, 1.165) is 24.5 Å². The van der Waals surface area contributed by atoms with Gasteiger partial charge in [0, 0.05) is 47.2 Å². The van der Waals surface area contributed by atoms with Crippen LogP contribution in [0.5, 0.6) is 0 Å². The van der Waals surface area contributed by atoms with Crippen LogP contribution in [0.4, 0.5) is 5.82 Å². The minimum absolute atomic E-state index is 0.412. The van der Waals surface area contributed by atoms with E-state index in [4.69, 9.17) is 11.6 Å². The summed E-state index contributed by atoms with van der Waals surface area (Å²) in [5.41, 5.74) is 0.937. The Labute approximate surface area is 96.1 Å². The molecule has 0 radical (unpaired) electrons. The summed E-state index contributed by atoms with van der Waals surface area (Å²) >= 11 is 5.81. The van der Waals surface area contributed by atoms with Gasteiger partial charge >= 0.3 is 0 Å². The molecule has 82 valence electrons. The molecule has 1 saturated heterocycles. The Kier molecular flexibility index (Phi) is 3.53. The van der Waals surface area contributed by atoms with Crippen LogP contribution in [0.3, 0.4) is 0 Å². The highest BCUT2D eigenvalue weighted by Crippen LogP contribution is 2.19. The number of aromatic nitrogens is 2. The van der Waals surface area contributed by atoms with Crippen molar-refractivity contribution < 1.29 is 4.21 Å². The number of alkyl halides is 1. The summed E-state index contributed by atoms with van der Waals surface area (Å²) in [6, 6.07) is 0. The van der Waals surface area contributed by atoms with E-state index in [2.05, 4.69) is 14.9 Å². The number of hydrogen-bond donors (Lipinski definition) is 0. The monoisotopic (exact) mass is 245 g/mol.